The Balaban J connectivity index is 1.21. The van der Waals surface area contributed by atoms with E-state index < -0.39 is 6.10 Å². The van der Waals surface area contributed by atoms with Crippen LogP contribution in [0.25, 0.3) is 22.2 Å². The highest BCUT2D eigenvalue weighted by Crippen LogP contribution is 2.36. The van der Waals surface area contributed by atoms with E-state index in [1.54, 1.807) is 6.20 Å². The molecule has 3 aromatic heterocycles. The number of anilines is 1. The number of fused-ring (bicyclic) bond motifs is 1. The molecule has 1 aliphatic carbocycles. The Labute approximate surface area is 224 Å². The van der Waals surface area contributed by atoms with Gasteiger partial charge in [0, 0.05) is 48.7 Å². The molecule has 1 saturated carbocycles. The maximum Gasteiger partial charge on any atom is 0.137 e. The molecule has 10 heteroatoms. The van der Waals surface area contributed by atoms with Crippen molar-refractivity contribution in [2.75, 3.05) is 24.5 Å². The molecule has 0 amide bonds. The number of benzene rings is 1. The number of nitrogens with one attached hydrogen (secondary N) is 2. The number of pyridine rings is 2. The smallest absolute Gasteiger partial charge is 0.137 e. The number of rotatable bonds is 8. The Morgan fingerprint density at radius 2 is 1.95 bits per heavy atom. The molecule has 192 valence electrons. The summed E-state index contributed by atoms with van der Waals surface area (Å²) in [4.78, 5) is 10.7. The molecule has 0 unspecified atom stereocenters. The van der Waals surface area contributed by atoms with Crippen molar-refractivity contribution in [3.63, 3.8) is 0 Å². The van der Waals surface area contributed by atoms with E-state index in [1.165, 1.54) is 31.3 Å². The van der Waals surface area contributed by atoms with Gasteiger partial charge in [-0.1, -0.05) is 23.2 Å². The maximum atomic E-state index is 15.3. The Morgan fingerprint density at radius 1 is 1.19 bits per heavy atom. The summed E-state index contributed by atoms with van der Waals surface area (Å²) >= 11 is 12.6. The van der Waals surface area contributed by atoms with Gasteiger partial charge >= 0.3 is 0 Å². The van der Waals surface area contributed by atoms with Gasteiger partial charge in [-0.25, -0.2) is 9.37 Å². The summed E-state index contributed by atoms with van der Waals surface area (Å²) in [5, 5.41) is 12.6. The van der Waals surface area contributed by atoms with Crippen LogP contribution in [-0.2, 0) is 0 Å². The van der Waals surface area contributed by atoms with Crippen molar-refractivity contribution in [3.8, 4) is 17.0 Å². The quantitative estimate of drug-likeness (QED) is 0.277. The number of H-pyrrole nitrogens is 1. The van der Waals surface area contributed by atoms with Crippen molar-refractivity contribution < 1.29 is 9.13 Å². The van der Waals surface area contributed by atoms with Gasteiger partial charge in [-0.3, -0.25) is 10.1 Å². The van der Waals surface area contributed by atoms with Crippen LogP contribution in [0.1, 0.15) is 38.4 Å². The van der Waals surface area contributed by atoms with Crippen LogP contribution in [0.5, 0.6) is 5.75 Å². The van der Waals surface area contributed by atoms with Gasteiger partial charge < -0.3 is 15.0 Å². The monoisotopic (exact) mass is 540 g/mol. The van der Waals surface area contributed by atoms with Crippen LogP contribution >= 0.6 is 23.2 Å². The molecule has 4 heterocycles. The Morgan fingerprint density at radius 3 is 2.65 bits per heavy atom. The van der Waals surface area contributed by atoms with Crippen LogP contribution in [0.4, 0.5) is 10.2 Å². The number of hydrogen-bond donors (Lipinski definition) is 2. The Kier molecular flexibility index (Phi) is 6.21. The largest absolute Gasteiger partial charge is 0.486 e. The van der Waals surface area contributed by atoms with Gasteiger partial charge in [0.25, 0.3) is 0 Å². The fourth-order valence-electron chi connectivity index (χ4n) is 4.90. The van der Waals surface area contributed by atoms with Crippen LogP contribution < -0.4 is 15.0 Å². The second kappa shape index (κ2) is 9.42. The third-order valence-corrected chi connectivity index (χ3v) is 7.76. The zero-order valence-electron chi connectivity index (χ0n) is 20.6. The molecular weight excluding hydrogens is 514 g/mol. The second-order valence-electron chi connectivity index (χ2n) is 10.3. The Hall–Kier alpha value is -2.94. The average Bonchev–Trinajstić information content (AvgIpc) is 3.59. The summed E-state index contributed by atoms with van der Waals surface area (Å²) in [6, 6.07) is 6.98. The fourth-order valence-corrected chi connectivity index (χ4v) is 5.57. The normalized spacial score (nSPS) is 17.6. The van der Waals surface area contributed by atoms with Crippen molar-refractivity contribution in [2.45, 2.75) is 38.3 Å². The molecule has 2 aliphatic rings. The summed E-state index contributed by atoms with van der Waals surface area (Å²) < 4.78 is 21.5. The van der Waals surface area contributed by atoms with Crippen molar-refractivity contribution in [1.29, 1.82) is 0 Å². The first-order chi connectivity index (χ1) is 17.8. The molecule has 1 aromatic carbocycles. The minimum Gasteiger partial charge on any atom is -0.486 e. The summed E-state index contributed by atoms with van der Waals surface area (Å²) in [7, 11) is 0. The Bertz CT molecular complexity index is 1450. The number of halogens is 3. The first kappa shape index (κ1) is 24.4. The second-order valence-corrected chi connectivity index (χ2v) is 11.1. The third-order valence-electron chi connectivity index (χ3n) is 7.16. The van der Waals surface area contributed by atoms with Crippen LogP contribution in [-0.4, -0.2) is 45.3 Å². The lowest BCUT2D eigenvalue weighted by Crippen LogP contribution is -2.68. The first-order valence-corrected chi connectivity index (χ1v) is 13.1. The maximum absolute atomic E-state index is 15.3. The zero-order valence-corrected chi connectivity index (χ0v) is 22.1. The zero-order chi connectivity index (χ0) is 25.7. The number of nitrogens with zero attached hydrogens (tertiary/aromatic N) is 4. The van der Waals surface area contributed by atoms with E-state index in [0.29, 0.717) is 38.4 Å². The molecule has 2 fully saturated rings. The standard InChI is InChI=1S/C27H27Cl2FN6O/c1-15(25-20(28)11-31-12-21(25)29)37-17-5-6-23-18(7-17)26(35-34-23)19-10-32-24(8-22(19)30)36-13-27(2,14-36)33-9-16-3-4-16/h5-8,10-12,15-16,33H,3-4,9,13-14H2,1-2H3,(H,34,35)/t15-/m1/s1. The highest BCUT2D eigenvalue weighted by molar-refractivity contribution is 6.35. The highest BCUT2D eigenvalue weighted by atomic mass is 35.5. The molecule has 1 atom stereocenters. The van der Waals surface area contributed by atoms with Crippen molar-refractivity contribution in [3.05, 3.63) is 64.3 Å². The lowest BCUT2D eigenvalue weighted by molar-refractivity contribution is 0.227. The summed E-state index contributed by atoms with van der Waals surface area (Å²) in [6.07, 6.45) is 6.84. The molecule has 0 bridgehead atoms. The number of hydrogen-bond acceptors (Lipinski definition) is 6. The molecular formula is C27H27Cl2FN6O. The van der Waals surface area contributed by atoms with Crippen molar-refractivity contribution in [2.24, 2.45) is 5.92 Å². The van der Waals surface area contributed by atoms with E-state index in [1.807, 2.05) is 25.1 Å². The van der Waals surface area contributed by atoms with E-state index in [-0.39, 0.29) is 11.4 Å². The van der Waals surface area contributed by atoms with Gasteiger partial charge in [-0.15, -0.1) is 0 Å². The van der Waals surface area contributed by atoms with Crippen LogP contribution in [0, 0.1) is 11.7 Å². The van der Waals surface area contributed by atoms with E-state index in [2.05, 4.69) is 37.3 Å². The summed E-state index contributed by atoms with van der Waals surface area (Å²) in [5.41, 5.74) is 2.27. The average molecular weight is 541 g/mol. The number of aromatic amines is 1. The predicted octanol–water partition coefficient (Wildman–Crippen LogP) is 6.18. The van der Waals surface area contributed by atoms with Gasteiger partial charge in [0.1, 0.15) is 29.2 Å². The predicted molar refractivity (Wildman–Crippen MR) is 144 cm³/mol. The minimum absolute atomic E-state index is 0.0517. The van der Waals surface area contributed by atoms with Gasteiger partial charge in [-0.2, -0.15) is 5.10 Å². The first-order valence-electron chi connectivity index (χ1n) is 12.4. The topological polar surface area (TPSA) is 79.0 Å². The molecule has 1 aliphatic heterocycles. The molecule has 37 heavy (non-hydrogen) atoms. The van der Waals surface area contributed by atoms with E-state index >= 15 is 4.39 Å². The molecule has 1 saturated heterocycles. The summed E-state index contributed by atoms with van der Waals surface area (Å²) in [5.74, 6) is 1.67. The molecule has 0 spiro atoms. The molecule has 0 radical (unpaired) electrons. The van der Waals surface area contributed by atoms with Crippen LogP contribution in [0.3, 0.4) is 0 Å². The molecule has 2 N–H and O–H groups in total. The van der Waals surface area contributed by atoms with Gasteiger partial charge in [-0.05, 0) is 57.4 Å². The number of aromatic nitrogens is 4. The van der Waals surface area contributed by atoms with Crippen molar-refractivity contribution >= 4 is 39.9 Å². The van der Waals surface area contributed by atoms with Gasteiger partial charge in [0.2, 0.25) is 0 Å². The third kappa shape index (κ3) is 4.85. The number of ether oxygens (including phenoxy) is 1. The van der Waals surface area contributed by atoms with E-state index in [4.69, 9.17) is 27.9 Å². The van der Waals surface area contributed by atoms with Gasteiger partial charge in [0.05, 0.1) is 26.7 Å². The minimum atomic E-state index is -0.422. The SMILES string of the molecule is C[C@@H](Oc1ccc2[nH]nc(-c3cnc(N4CC(C)(NCC5CC5)C4)cc3F)c2c1)c1c(Cl)cncc1Cl. The van der Waals surface area contributed by atoms with Crippen LogP contribution in [0.2, 0.25) is 10.0 Å². The molecule has 7 nitrogen and oxygen atoms in total. The summed E-state index contributed by atoms with van der Waals surface area (Å²) in [6.45, 7) is 6.74. The van der Waals surface area contributed by atoms with E-state index in [9.17, 15) is 0 Å². The highest BCUT2D eigenvalue weighted by Gasteiger charge is 2.40. The molecule has 6 rings (SSSR count). The fraction of sp³-hybridized carbons (Fsp3) is 0.370. The van der Waals surface area contributed by atoms with E-state index in [0.717, 1.165) is 36.5 Å². The van der Waals surface area contributed by atoms with Crippen LogP contribution in [0.15, 0.2) is 42.9 Å². The lowest BCUT2D eigenvalue weighted by atomic mass is 9.92. The van der Waals surface area contributed by atoms with Gasteiger partial charge in [0.15, 0.2) is 0 Å². The van der Waals surface area contributed by atoms with Crippen molar-refractivity contribution in [1.82, 2.24) is 25.5 Å². The lowest BCUT2D eigenvalue weighted by Gasteiger charge is -2.49. The molecule has 4 aromatic rings.